The number of hydrogen-bond donors (Lipinski definition) is 1. The number of rotatable bonds is 4. The Morgan fingerprint density at radius 1 is 1.12 bits per heavy atom. The van der Waals surface area contributed by atoms with Crippen LogP contribution in [0.4, 0.5) is 5.69 Å². The first-order valence-corrected chi connectivity index (χ1v) is 8.60. The summed E-state index contributed by atoms with van der Waals surface area (Å²) in [5.74, 6) is 0. The average molecular weight is 384 g/mol. The van der Waals surface area contributed by atoms with Crippen LogP contribution in [0.1, 0.15) is 24.6 Å². The van der Waals surface area contributed by atoms with Gasteiger partial charge in [0.25, 0.3) is 5.56 Å². The zero-order chi connectivity index (χ0) is 17.1. The van der Waals surface area contributed by atoms with Crippen molar-refractivity contribution < 1.29 is 0 Å². The van der Waals surface area contributed by atoms with Gasteiger partial charge in [-0.25, -0.2) is 4.68 Å². The van der Waals surface area contributed by atoms with E-state index in [1.54, 1.807) is 4.68 Å². The number of halogens is 1. The van der Waals surface area contributed by atoms with E-state index < -0.39 is 0 Å². The lowest BCUT2D eigenvalue weighted by atomic mass is 10.1. The van der Waals surface area contributed by atoms with Crippen LogP contribution in [0.3, 0.4) is 0 Å². The third kappa shape index (κ3) is 3.26. The number of H-pyrrole nitrogens is 1. The minimum atomic E-state index is -0.0728. The summed E-state index contributed by atoms with van der Waals surface area (Å²) in [6, 6.07) is 17.3. The van der Waals surface area contributed by atoms with E-state index in [-0.39, 0.29) is 5.56 Å². The maximum atomic E-state index is 12.9. The standard InChI is InChI=1S/C19H18BrN3O/c1-3-17(21-15-11-9-14(20)10-12-15)18-13(2)22-23(19(18)24)16-7-5-4-6-8-16/h4-12,22H,3H2,1-2H3. The van der Waals surface area contributed by atoms with Crippen molar-refractivity contribution in [2.75, 3.05) is 0 Å². The van der Waals surface area contributed by atoms with E-state index >= 15 is 0 Å². The first kappa shape index (κ1) is 16.5. The van der Waals surface area contributed by atoms with E-state index in [9.17, 15) is 4.79 Å². The monoisotopic (exact) mass is 383 g/mol. The Hall–Kier alpha value is -2.40. The van der Waals surface area contributed by atoms with Crippen LogP contribution in [0.5, 0.6) is 0 Å². The highest BCUT2D eigenvalue weighted by molar-refractivity contribution is 9.10. The fourth-order valence-corrected chi connectivity index (χ4v) is 2.89. The summed E-state index contributed by atoms with van der Waals surface area (Å²) >= 11 is 3.42. The molecule has 0 radical (unpaired) electrons. The minimum Gasteiger partial charge on any atom is -0.295 e. The van der Waals surface area contributed by atoms with Gasteiger partial charge >= 0.3 is 0 Å². The van der Waals surface area contributed by atoms with Crippen LogP contribution in [-0.2, 0) is 0 Å². The first-order chi connectivity index (χ1) is 11.6. The molecule has 0 unspecified atom stereocenters. The number of aromatic amines is 1. The van der Waals surface area contributed by atoms with E-state index in [1.807, 2.05) is 68.4 Å². The number of nitrogens with zero attached hydrogens (tertiary/aromatic N) is 2. The third-order valence-corrected chi connectivity index (χ3v) is 4.33. The molecule has 3 rings (SSSR count). The maximum absolute atomic E-state index is 12.9. The van der Waals surface area contributed by atoms with E-state index in [1.165, 1.54) is 0 Å². The molecular weight excluding hydrogens is 366 g/mol. The largest absolute Gasteiger partial charge is 0.295 e. The van der Waals surface area contributed by atoms with Crippen molar-refractivity contribution in [3.63, 3.8) is 0 Å². The molecule has 0 amide bonds. The number of benzene rings is 2. The topological polar surface area (TPSA) is 50.1 Å². The highest BCUT2D eigenvalue weighted by Gasteiger charge is 2.16. The molecule has 0 fully saturated rings. The predicted octanol–water partition coefficient (Wildman–Crippen LogP) is 4.77. The van der Waals surface area contributed by atoms with Crippen molar-refractivity contribution in [1.82, 2.24) is 9.78 Å². The van der Waals surface area contributed by atoms with Gasteiger partial charge in [-0.3, -0.25) is 14.9 Å². The summed E-state index contributed by atoms with van der Waals surface area (Å²) in [6.07, 6.45) is 0.679. The second-order valence-corrected chi connectivity index (χ2v) is 6.39. The summed E-state index contributed by atoms with van der Waals surface area (Å²) in [4.78, 5) is 17.6. The summed E-state index contributed by atoms with van der Waals surface area (Å²) in [7, 11) is 0. The number of aromatic nitrogens is 2. The van der Waals surface area contributed by atoms with Crippen LogP contribution in [0, 0.1) is 6.92 Å². The number of aliphatic imine (C=N–C) groups is 1. The van der Waals surface area contributed by atoms with E-state index in [4.69, 9.17) is 0 Å². The first-order valence-electron chi connectivity index (χ1n) is 7.80. The molecule has 0 saturated carbocycles. The van der Waals surface area contributed by atoms with Gasteiger partial charge in [0.15, 0.2) is 0 Å². The molecule has 3 aromatic rings. The highest BCUT2D eigenvalue weighted by Crippen LogP contribution is 2.19. The Kier molecular flexibility index (Phi) is 4.81. The quantitative estimate of drug-likeness (QED) is 0.648. The van der Waals surface area contributed by atoms with Crippen molar-refractivity contribution in [2.45, 2.75) is 20.3 Å². The summed E-state index contributed by atoms with van der Waals surface area (Å²) < 4.78 is 2.57. The third-order valence-electron chi connectivity index (χ3n) is 3.80. The molecule has 0 bridgehead atoms. The van der Waals surface area contributed by atoms with Gasteiger partial charge in [0.1, 0.15) is 0 Å². The fourth-order valence-electron chi connectivity index (χ4n) is 2.63. The molecule has 1 N–H and O–H groups in total. The predicted molar refractivity (Wildman–Crippen MR) is 102 cm³/mol. The second kappa shape index (κ2) is 7.01. The van der Waals surface area contributed by atoms with Crippen LogP contribution in [0.2, 0.25) is 0 Å². The molecule has 4 nitrogen and oxygen atoms in total. The van der Waals surface area contributed by atoms with Gasteiger partial charge in [0.2, 0.25) is 0 Å². The average Bonchev–Trinajstić information content (AvgIpc) is 2.90. The SMILES string of the molecule is CCC(=Nc1ccc(Br)cc1)c1c(C)[nH]n(-c2ccccc2)c1=O. The molecule has 0 aliphatic rings. The Morgan fingerprint density at radius 2 is 1.79 bits per heavy atom. The van der Waals surface area contributed by atoms with Gasteiger partial charge in [0, 0.05) is 10.2 Å². The van der Waals surface area contributed by atoms with Crippen LogP contribution >= 0.6 is 15.9 Å². The lowest BCUT2D eigenvalue weighted by Gasteiger charge is -2.02. The normalized spacial score (nSPS) is 11.7. The Bertz CT molecular complexity index is 921. The van der Waals surface area contributed by atoms with Crippen LogP contribution in [-0.4, -0.2) is 15.5 Å². The van der Waals surface area contributed by atoms with E-state index in [2.05, 4.69) is 26.0 Å². The second-order valence-electron chi connectivity index (χ2n) is 5.48. The van der Waals surface area contributed by atoms with Crippen molar-refractivity contribution in [2.24, 2.45) is 4.99 Å². The maximum Gasteiger partial charge on any atom is 0.280 e. The van der Waals surface area contributed by atoms with Gasteiger partial charge in [-0.05, 0) is 49.7 Å². The number of para-hydroxylation sites is 1. The molecule has 1 heterocycles. The number of hydrogen-bond acceptors (Lipinski definition) is 2. The highest BCUT2D eigenvalue weighted by atomic mass is 79.9. The summed E-state index contributed by atoms with van der Waals surface area (Å²) in [5.41, 5.74) is 3.82. The molecule has 5 heteroatoms. The summed E-state index contributed by atoms with van der Waals surface area (Å²) in [6.45, 7) is 3.92. The molecular formula is C19H18BrN3O. The minimum absolute atomic E-state index is 0.0728. The molecule has 0 spiro atoms. The Labute approximate surface area is 149 Å². The zero-order valence-corrected chi connectivity index (χ0v) is 15.2. The van der Waals surface area contributed by atoms with Gasteiger partial charge in [-0.2, -0.15) is 0 Å². The number of nitrogens with one attached hydrogen (secondary N) is 1. The van der Waals surface area contributed by atoms with E-state index in [0.717, 1.165) is 27.3 Å². The molecule has 122 valence electrons. The molecule has 1 aromatic heterocycles. The van der Waals surface area contributed by atoms with Gasteiger partial charge in [-0.1, -0.05) is 41.1 Å². The molecule has 24 heavy (non-hydrogen) atoms. The lowest BCUT2D eigenvalue weighted by Crippen LogP contribution is -2.20. The van der Waals surface area contributed by atoms with Crippen LogP contribution in [0.15, 0.2) is 68.9 Å². The molecule has 0 atom stereocenters. The van der Waals surface area contributed by atoms with E-state index in [0.29, 0.717) is 12.0 Å². The smallest absolute Gasteiger partial charge is 0.280 e. The lowest BCUT2D eigenvalue weighted by molar-refractivity contribution is 0.835. The molecule has 0 saturated heterocycles. The van der Waals surface area contributed by atoms with Crippen molar-refractivity contribution in [1.29, 1.82) is 0 Å². The van der Waals surface area contributed by atoms with Crippen molar-refractivity contribution >= 4 is 27.3 Å². The van der Waals surface area contributed by atoms with Gasteiger partial charge < -0.3 is 0 Å². The summed E-state index contributed by atoms with van der Waals surface area (Å²) in [5, 5.41) is 3.15. The van der Waals surface area contributed by atoms with Gasteiger partial charge in [-0.15, -0.1) is 0 Å². The van der Waals surface area contributed by atoms with Crippen molar-refractivity contribution in [3.05, 3.63) is 80.7 Å². The number of aryl methyl sites for hydroxylation is 1. The van der Waals surface area contributed by atoms with Crippen LogP contribution in [0.25, 0.3) is 5.69 Å². The fraction of sp³-hybridized carbons (Fsp3) is 0.158. The van der Waals surface area contributed by atoms with Crippen molar-refractivity contribution in [3.8, 4) is 5.69 Å². The molecule has 2 aromatic carbocycles. The van der Waals surface area contributed by atoms with Gasteiger partial charge in [0.05, 0.1) is 22.6 Å². The molecule has 0 aliphatic heterocycles. The zero-order valence-electron chi connectivity index (χ0n) is 13.6. The Balaban J connectivity index is 2.09. The van der Waals surface area contributed by atoms with Crippen LogP contribution < -0.4 is 5.56 Å². The Morgan fingerprint density at radius 3 is 2.42 bits per heavy atom. The molecule has 0 aliphatic carbocycles.